The fourth-order valence-electron chi connectivity index (χ4n) is 2.13. The van der Waals surface area contributed by atoms with Crippen LogP contribution in [0.5, 0.6) is 0 Å². The summed E-state index contributed by atoms with van der Waals surface area (Å²) in [7, 11) is 0. The zero-order valence-electron chi connectivity index (χ0n) is 11.6. The molecule has 2 rings (SSSR count). The van der Waals surface area contributed by atoms with Crippen molar-refractivity contribution >= 4 is 5.97 Å². The number of rotatable bonds is 4. The molecule has 4 nitrogen and oxygen atoms in total. The van der Waals surface area contributed by atoms with Gasteiger partial charge >= 0.3 is 5.97 Å². The molecule has 0 atom stereocenters. The molecule has 1 aromatic heterocycles. The maximum Gasteiger partial charge on any atom is 0.355 e. The van der Waals surface area contributed by atoms with Crippen LogP contribution in [0.2, 0.25) is 0 Å². The molecule has 0 radical (unpaired) electrons. The molecule has 2 aromatic rings. The Kier molecular flexibility index (Phi) is 4.21. The minimum atomic E-state index is -0.313. The number of hydrogen-bond acceptors (Lipinski definition) is 3. The number of aryl methyl sites for hydroxylation is 1. The lowest BCUT2D eigenvalue weighted by molar-refractivity contribution is 0.0513. The lowest BCUT2D eigenvalue weighted by Gasteiger charge is -2.10. The van der Waals surface area contributed by atoms with Gasteiger partial charge in [-0.3, -0.25) is 0 Å². The van der Waals surface area contributed by atoms with Crippen LogP contribution in [0, 0.1) is 18.3 Å². The first-order valence-electron chi connectivity index (χ1n) is 6.47. The van der Waals surface area contributed by atoms with Gasteiger partial charge in [-0.25, -0.2) is 4.79 Å². The number of hydrogen-bond donors (Lipinski definition) is 0. The van der Waals surface area contributed by atoms with Gasteiger partial charge in [0.15, 0.2) is 0 Å². The molecule has 102 valence electrons. The standard InChI is InChI=1S/C16H16N2O2/c1-3-20-16(19)15-12(2)7-8-18(15)11-14-6-4-5-13(9-14)10-17/h4-9H,3,11H2,1-2H3. The first kappa shape index (κ1) is 13.9. The summed E-state index contributed by atoms with van der Waals surface area (Å²) in [4.78, 5) is 12.0. The molecular formula is C16H16N2O2. The van der Waals surface area contributed by atoms with Crippen molar-refractivity contribution in [2.24, 2.45) is 0 Å². The van der Waals surface area contributed by atoms with Gasteiger partial charge in [0.1, 0.15) is 5.69 Å². The Balaban J connectivity index is 2.30. The Morgan fingerprint density at radius 2 is 2.20 bits per heavy atom. The first-order chi connectivity index (χ1) is 9.65. The third-order valence-corrected chi connectivity index (χ3v) is 3.04. The van der Waals surface area contributed by atoms with Crippen LogP contribution in [-0.2, 0) is 11.3 Å². The van der Waals surface area contributed by atoms with E-state index in [0.29, 0.717) is 24.4 Å². The number of ether oxygens (including phenoxy) is 1. The number of nitrogens with zero attached hydrogens (tertiary/aromatic N) is 2. The van der Waals surface area contributed by atoms with Crippen LogP contribution in [0.4, 0.5) is 0 Å². The van der Waals surface area contributed by atoms with E-state index in [1.807, 2.05) is 42.0 Å². The molecule has 0 aliphatic heterocycles. The lowest BCUT2D eigenvalue weighted by Crippen LogP contribution is -2.13. The lowest BCUT2D eigenvalue weighted by atomic mass is 10.1. The van der Waals surface area contributed by atoms with Gasteiger partial charge < -0.3 is 9.30 Å². The van der Waals surface area contributed by atoms with Crippen molar-refractivity contribution in [2.75, 3.05) is 6.61 Å². The number of esters is 1. The topological polar surface area (TPSA) is 55.0 Å². The van der Waals surface area contributed by atoms with Crippen molar-refractivity contribution in [3.05, 3.63) is 58.9 Å². The summed E-state index contributed by atoms with van der Waals surface area (Å²) in [6.45, 7) is 4.57. The van der Waals surface area contributed by atoms with Crippen LogP contribution in [0.1, 0.15) is 34.1 Å². The molecule has 0 saturated heterocycles. The summed E-state index contributed by atoms with van der Waals surface area (Å²) in [5, 5.41) is 8.91. The average molecular weight is 268 g/mol. The summed E-state index contributed by atoms with van der Waals surface area (Å²) in [6, 6.07) is 11.4. The number of benzene rings is 1. The Bertz CT molecular complexity index is 665. The normalized spacial score (nSPS) is 10.1. The van der Waals surface area contributed by atoms with E-state index in [4.69, 9.17) is 10.00 Å². The second-order valence-electron chi connectivity index (χ2n) is 4.51. The van der Waals surface area contributed by atoms with E-state index in [2.05, 4.69) is 6.07 Å². The number of carbonyl (C=O) groups excluding carboxylic acids is 1. The largest absolute Gasteiger partial charge is 0.461 e. The van der Waals surface area contributed by atoms with E-state index in [-0.39, 0.29) is 5.97 Å². The summed E-state index contributed by atoms with van der Waals surface area (Å²) in [6.07, 6.45) is 1.86. The van der Waals surface area contributed by atoms with Crippen molar-refractivity contribution in [2.45, 2.75) is 20.4 Å². The van der Waals surface area contributed by atoms with Crippen molar-refractivity contribution in [3.63, 3.8) is 0 Å². The number of aromatic nitrogens is 1. The fourth-order valence-corrected chi connectivity index (χ4v) is 2.13. The van der Waals surface area contributed by atoms with Gasteiger partial charge in [0.2, 0.25) is 0 Å². The van der Waals surface area contributed by atoms with Crippen molar-refractivity contribution < 1.29 is 9.53 Å². The Morgan fingerprint density at radius 1 is 1.40 bits per heavy atom. The summed E-state index contributed by atoms with van der Waals surface area (Å²) in [5.74, 6) is -0.313. The first-order valence-corrected chi connectivity index (χ1v) is 6.47. The number of nitriles is 1. The Hall–Kier alpha value is -2.54. The quantitative estimate of drug-likeness (QED) is 0.801. The van der Waals surface area contributed by atoms with Crippen LogP contribution in [0.25, 0.3) is 0 Å². The zero-order chi connectivity index (χ0) is 14.5. The van der Waals surface area contributed by atoms with E-state index in [9.17, 15) is 4.79 Å². The molecule has 0 saturated carbocycles. The molecule has 0 spiro atoms. The Labute approximate surface area is 118 Å². The molecule has 0 fully saturated rings. The van der Waals surface area contributed by atoms with Crippen LogP contribution in [0.3, 0.4) is 0 Å². The molecule has 1 heterocycles. The molecule has 0 aliphatic carbocycles. The van der Waals surface area contributed by atoms with Crippen LogP contribution in [-0.4, -0.2) is 17.1 Å². The third-order valence-electron chi connectivity index (χ3n) is 3.04. The smallest absolute Gasteiger partial charge is 0.355 e. The van der Waals surface area contributed by atoms with E-state index in [1.54, 1.807) is 13.0 Å². The van der Waals surface area contributed by atoms with Gasteiger partial charge in [-0.15, -0.1) is 0 Å². The molecule has 0 aliphatic rings. The summed E-state index contributed by atoms with van der Waals surface area (Å²) >= 11 is 0. The van der Waals surface area contributed by atoms with Gasteiger partial charge in [0.05, 0.1) is 18.2 Å². The molecule has 0 N–H and O–H groups in total. The summed E-state index contributed by atoms with van der Waals surface area (Å²) < 4.78 is 6.93. The van der Waals surface area contributed by atoms with Crippen LogP contribution >= 0.6 is 0 Å². The monoisotopic (exact) mass is 268 g/mol. The minimum Gasteiger partial charge on any atom is -0.461 e. The maximum absolute atomic E-state index is 12.0. The molecule has 0 unspecified atom stereocenters. The van der Waals surface area contributed by atoms with Gasteiger partial charge in [0, 0.05) is 12.7 Å². The van der Waals surface area contributed by atoms with Gasteiger partial charge in [-0.2, -0.15) is 5.26 Å². The van der Waals surface area contributed by atoms with E-state index in [1.165, 1.54) is 0 Å². The van der Waals surface area contributed by atoms with Crippen LogP contribution < -0.4 is 0 Å². The second kappa shape index (κ2) is 6.07. The van der Waals surface area contributed by atoms with Gasteiger partial charge in [-0.05, 0) is 43.2 Å². The highest BCUT2D eigenvalue weighted by Crippen LogP contribution is 2.15. The predicted octanol–water partition coefficient (Wildman–Crippen LogP) is 2.89. The molecule has 20 heavy (non-hydrogen) atoms. The average Bonchev–Trinajstić information content (AvgIpc) is 2.80. The number of carbonyl (C=O) groups is 1. The third kappa shape index (κ3) is 2.89. The Morgan fingerprint density at radius 3 is 2.90 bits per heavy atom. The van der Waals surface area contributed by atoms with Gasteiger partial charge in [0.25, 0.3) is 0 Å². The minimum absolute atomic E-state index is 0.313. The van der Waals surface area contributed by atoms with E-state index >= 15 is 0 Å². The molecular weight excluding hydrogens is 252 g/mol. The molecule has 0 amide bonds. The molecule has 4 heteroatoms. The van der Waals surface area contributed by atoms with Crippen molar-refractivity contribution in [1.82, 2.24) is 4.57 Å². The SMILES string of the molecule is CCOC(=O)c1c(C)ccn1Cc1cccc(C#N)c1. The summed E-state index contributed by atoms with van der Waals surface area (Å²) in [5.41, 5.74) is 3.04. The second-order valence-corrected chi connectivity index (χ2v) is 4.51. The van der Waals surface area contributed by atoms with E-state index < -0.39 is 0 Å². The fraction of sp³-hybridized carbons (Fsp3) is 0.250. The van der Waals surface area contributed by atoms with Gasteiger partial charge in [-0.1, -0.05) is 12.1 Å². The van der Waals surface area contributed by atoms with Crippen molar-refractivity contribution in [1.29, 1.82) is 5.26 Å². The molecule has 1 aromatic carbocycles. The highest BCUT2D eigenvalue weighted by atomic mass is 16.5. The zero-order valence-corrected chi connectivity index (χ0v) is 11.6. The van der Waals surface area contributed by atoms with Crippen molar-refractivity contribution in [3.8, 4) is 6.07 Å². The maximum atomic E-state index is 12.0. The highest BCUT2D eigenvalue weighted by Gasteiger charge is 2.15. The predicted molar refractivity (Wildman–Crippen MR) is 75.4 cm³/mol. The van der Waals surface area contributed by atoms with E-state index in [0.717, 1.165) is 11.1 Å². The molecule has 0 bridgehead atoms. The van der Waals surface area contributed by atoms with Crippen LogP contribution in [0.15, 0.2) is 36.5 Å². The highest BCUT2D eigenvalue weighted by molar-refractivity contribution is 5.89.